The third-order valence-corrected chi connectivity index (χ3v) is 4.00. The Hall–Kier alpha value is -1.26. The van der Waals surface area contributed by atoms with E-state index in [1.807, 2.05) is 38.4 Å². The maximum atomic E-state index is 12.2. The van der Waals surface area contributed by atoms with Crippen molar-refractivity contribution in [2.45, 2.75) is 38.2 Å². The molecule has 1 saturated carbocycles. The SMILES string of the molecule is CNCCN(C)C(=O)c1ccc(OC2CCCCC2)cc1.Cl. The lowest BCUT2D eigenvalue weighted by Crippen LogP contribution is -2.32. The van der Waals surface area contributed by atoms with Gasteiger partial charge in [0.2, 0.25) is 0 Å². The predicted octanol–water partition coefficient (Wildman–Crippen LogP) is 3.11. The molecule has 0 aromatic heterocycles. The van der Waals surface area contributed by atoms with E-state index in [2.05, 4.69) is 5.32 Å². The van der Waals surface area contributed by atoms with Crippen LogP contribution in [0.15, 0.2) is 24.3 Å². The first kappa shape index (κ1) is 18.8. The van der Waals surface area contributed by atoms with E-state index in [0.29, 0.717) is 18.2 Å². The van der Waals surface area contributed by atoms with Crippen molar-refractivity contribution in [1.29, 1.82) is 0 Å². The monoisotopic (exact) mass is 326 g/mol. The smallest absolute Gasteiger partial charge is 0.253 e. The van der Waals surface area contributed by atoms with E-state index in [9.17, 15) is 4.79 Å². The molecule has 1 aromatic rings. The predicted molar refractivity (Wildman–Crippen MR) is 92.1 cm³/mol. The van der Waals surface area contributed by atoms with E-state index in [1.54, 1.807) is 4.90 Å². The molecule has 1 N–H and O–H groups in total. The molecule has 1 aromatic carbocycles. The van der Waals surface area contributed by atoms with Gasteiger partial charge in [-0.2, -0.15) is 0 Å². The summed E-state index contributed by atoms with van der Waals surface area (Å²) in [5.41, 5.74) is 0.713. The van der Waals surface area contributed by atoms with Crippen LogP contribution in [0.1, 0.15) is 42.5 Å². The van der Waals surface area contributed by atoms with Gasteiger partial charge in [-0.15, -0.1) is 12.4 Å². The number of hydrogen-bond donors (Lipinski definition) is 1. The van der Waals surface area contributed by atoms with Crippen LogP contribution in [0.5, 0.6) is 5.75 Å². The van der Waals surface area contributed by atoms with Gasteiger partial charge < -0.3 is 15.0 Å². The summed E-state index contributed by atoms with van der Waals surface area (Å²) in [5.74, 6) is 0.922. The minimum absolute atomic E-state index is 0. The van der Waals surface area contributed by atoms with Gasteiger partial charge in [0.25, 0.3) is 5.91 Å². The van der Waals surface area contributed by atoms with Crippen LogP contribution in [-0.4, -0.2) is 44.1 Å². The number of likely N-dealkylation sites (N-methyl/N-ethyl adjacent to an activating group) is 2. The number of nitrogens with one attached hydrogen (secondary N) is 1. The number of amides is 1. The Bertz CT molecular complexity index is 444. The number of halogens is 1. The fourth-order valence-electron chi connectivity index (χ4n) is 2.65. The number of ether oxygens (including phenoxy) is 1. The highest BCUT2D eigenvalue weighted by Crippen LogP contribution is 2.23. The Morgan fingerprint density at radius 1 is 1.23 bits per heavy atom. The standard InChI is InChI=1S/C17H26N2O2.ClH/c1-18-12-13-19(2)17(20)14-8-10-16(11-9-14)21-15-6-4-3-5-7-15;/h8-11,15,18H,3-7,12-13H2,1-2H3;1H. The summed E-state index contributed by atoms with van der Waals surface area (Å²) in [4.78, 5) is 13.9. The molecule has 0 radical (unpaired) electrons. The van der Waals surface area contributed by atoms with Gasteiger partial charge in [-0.1, -0.05) is 6.42 Å². The second-order valence-electron chi connectivity index (χ2n) is 5.73. The van der Waals surface area contributed by atoms with E-state index in [4.69, 9.17) is 4.74 Å². The first-order valence-corrected chi connectivity index (χ1v) is 7.87. The van der Waals surface area contributed by atoms with Crippen molar-refractivity contribution in [3.63, 3.8) is 0 Å². The summed E-state index contributed by atoms with van der Waals surface area (Å²) in [6, 6.07) is 7.54. The molecule has 0 aliphatic heterocycles. The lowest BCUT2D eigenvalue weighted by atomic mass is 9.98. The van der Waals surface area contributed by atoms with E-state index < -0.39 is 0 Å². The Balaban J connectivity index is 0.00000242. The average molecular weight is 327 g/mol. The van der Waals surface area contributed by atoms with Gasteiger partial charge in [0, 0.05) is 25.7 Å². The Labute approximate surface area is 139 Å². The van der Waals surface area contributed by atoms with Crippen LogP contribution in [0.2, 0.25) is 0 Å². The van der Waals surface area contributed by atoms with E-state index in [0.717, 1.165) is 25.1 Å². The molecule has 1 aliphatic rings. The summed E-state index contributed by atoms with van der Waals surface area (Å²) in [5, 5.41) is 3.05. The van der Waals surface area contributed by atoms with Crippen LogP contribution in [0.3, 0.4) is 0 Å². The molecular weight excluding hydrogens is 300 g/mol. The molecule has 0 atom stereocenters. The molecule has 0 bridgehead atoms. The van der Waals surface area contributed by atoms with Gasteiger partial charge in [0.05, 0.1) is 6.10 Å². The zero-order valence-corrected chi connectivity index (χ0v) is 14.3. The van der Waals surface area contributed by atoms with Crippen molar-refractivity contribution in [2.24, 2.45) is 0 Å². The minimum Gasteiger partial charge on any atom is -0.490 e. The number of carbonyl (C=O) groups excluding carboxylic acids is 1. The second kappa shape index (κ2) is 9.70. The maximum absolute atomic E-state index is 12.2. The number of nitrogens with zero attached hydrogens (tertiary/aromatic N) is 1. The van der Waals surface area contributed by atoms with Crippen LogP contribution in [0.25, 0.3) is 0 Å². The fraction of sp³-hybridized carbons (Fsp3) is 0.588. The highest BCUT2D eigenvalue weighted by Gasteiger charge is 2.15. The third-order valence-electron chi connectivity index (χ3n) is 4.00. The number of hydrogen-bond acceptors (Lipinski definition) is 3. The zero-order valence-electron chi connectivity index (χ0n) is 13.5. The van der Waals surface area contributed by atoms with Gasteiger partial charge in [0.1, 0.15) is 5.75 Å². The first-order chi connectivity index (χ1) is 10.2. The summed E-state index contributed by atoms with van der Waals surface area (Å²) in [6.45, 7) is 1.50. The summed E-state index contributed by atoms with van der Waals surface area (Å²) in [7, 11) is 3.71. The van der Waals surface area contributed by atoms with E-state index >= 15 is 0 Å². The summed E-state index contributed by atoms with van der Waals surface area (Å²) < 4.78 is 5.98. The topological polar surface area (TPSA) is 41.6 Å². The van der Waals surface area contributed by atoms with E-state index in [-0.39, 0.29) is 18.3 Å². The maximum Gasteiger partial charge on any atom is 0.253 e. The van der Waals surface area contributed by atoms with Crippen molar-refractivity contribution in [3.05, 3.63) is 29.8 Å². The van der Waals surface area contributed by atoms with Gasteiger partial charge in [-0.3, -0.25) is 4.79 Å². The molecule has 2 rings (SSSR count). The van der Waals surface area contributed by atoms with Crippen LogP contribution in [-0.2, 0) is 0 Å². The molecular formula is C17H27ClN2O2. The number of carbonyl (C=O) groups is 1. The zero-order chi connectivity index (χ0) is 15.1. The highest BCUT2D eigenvalue weighted by atomic mass is 35.5. The molecule has 1 fully saturated rings. The van der Waals surface area contributed by atoms with Crippen molar-refractivity contribution < 1.29 is 9.53 Å². The highest BCUT2D eigenvalue weighted by molar-refractivity contribution is 5.94. The number of benzene rings is 1. The largest absolute Gasteiger partial charge is 0.490 e. The lowest BCUT2D eigenvalue weighted by molar-refractivity contribution is 0.0797. The fourth-order valence-corrected chi connectivity index (χ4v) is 2.65. The molecule has 22 heavy (non-hydrogen) atoms. The summed E-state index contributed by atoms with van der Waals surface area (Å²) >= 11 is 0. The van der Waals surface area contributed by atoms with Gasteiger partial charge in [-0.05, 0) is 57.0 Å². The Kier molecular flexibility index (Phi) is 8.28. The Morgan fingerprint density at radius 2 is 1.86 bits per heavy atom. The molecule has 5 heteroatoms. The normalized spacial score (nSPS) is 15.0. The third kappa shape index (κ3) is 5.50. The minimum atomic E-state index is 0. The van der Waals surface area contributed by atoms with Crippen molar-refractivity contribution in [1.82, 2.24) is 10.2 Å². The molecule has 124 valence electrons. The van der Waals surface area contributed by atoms with Crippen molar-refractivity contribution >= 4 is 18.3 Å². The molecule has 0 saturated heterocycles. The Morgan fingerprint density at radius 3 is 2.45 bits per heavy atom. The van der Waals surface area contributed by atoms with Crippen LogP contribution in [0.4, 0.5) is 0 Å². The summed E-state index contributed by atoms with van der Waals surface area (Å²) in [6.07, 6.45) is 6.49. The lowest BCUT2D eigenvalue weighted by Gasteiger charge is -2.23. The molecule has 1 aliphatic carbocycles. The average Bonchev–Trinajstić information content (AvgIpc) is 2.53. The molecule has 1 amide bonds. The molecule has 4 nitrogen and oxygen atoms in total. The van der Waals surface area contributed by atoms with Gasteiger partial charge >= 0.3 is 0 Å². The molecule has 0 unspecified atom stereocenters. The van der Waals surface area contributed by atoms with Crippen molar-refractivity contribution in [2.75, 3.05) is 27.2 Å². The van der Waals surface area contributed by atoms with Crippen molar-refractivity contribution in [3.8, 4) is 5.75 Å². The molecule has 0 spiro atoms. The van der Waals surface area contributed by atoms with Gasteiger partial charge in [-0.25, -0.2) is 0 Å². The van der Waals surface area contributed by atoms with Crippen LogP contribution in [0, 0.1) is 0 Å². The second-order valence-corrected chi connectivity index (χ2v) is 5.73. The van der Waals surface area contributed by atoms with E-state index in [1.165, 1.54) is 19.3 Å². The van der Waals surface area contributed by atoms with Crippen LogP contribution >= 0.6 is 12.4 Å². The quantitative estimate of drug-likeness (QED) is 0.873. The first-order valence-electron chi connectivity index (χ1n) is 7.87. The molecule has 0 heterocycles. The number of rotatable bonds is 6. The van der Waals surface area contributed by atoms with Gasteiger partial charge in [0.15, 0.2) is 0 Å². The van der Waals surface area contributed by atoms with Crippen LogP contribution < -0.4 is 10.1 Å².